The number of anilines is 1. The number of rotatable bonds is 6. The van der Waals surface area contributed by atoms with Gasteiger partial charge in [0.2, 0.25) is 21.9 Å². The number of nitrogens with one attached hydrogen (secondary N) is 3. The van der Waals surface area contributed by atoms with Crippen LogP contribution in [0.4, 0.5) is 5.95 Å². The summed E-state index contributed by atoms with van der Waals surface area (Å²) in [7, 11) is -3.30. The number of hydrogen-bond donors (Lipinski definition) is 3. The maximum Gasteiger partial charge on any atom is 0.249 e. The number of hydrogen-bond acceptors (Lipinski definition) is 6. The molecule has 112 valence electrons. The fourth-order valence-corrected chi connectivity index (χ4v) is 1.95. The topological polar surface area (TPSA) is 130 Å². The number of nitrogens with zero attached hydrogens (tertiary/aromatic N) is 3. The first-order valence-corrected chi connectivity index (χ1v) is 7.91. The average molecular weight is 310 g/mol. The summed E-state index contributed by atoms with van der Waals surface area (Å²) in [5, 5.41) is 8.96. The highest BCUT2D eigenvalue weighted by atomic mass is 32.2. The fourth-order valence-electron chi connectivity index (χ4n) is 1.47. The molecular formula is C11H14N6O3S. The summed E-state index contributed by atoms with van der Waals surface area (Å²) in [5.41, 5.74) is 0.601. The molecule has 0 bridgehead atoms. The first kappa shape index (κ1) is 15.1. The van der Waals surface area contributed by atoms with E-state index in [9.17, 15) is 13.2 Å². The molecular weight excluding hydrogens is 296 g/mol. The van der Waals surface area contributed by atoms with Crippen molar-refractivity contribution in [3.8, 4) is 11.5 Å². The Morgan fingerprint density at radius 2 is 2.19 bits per heavy atom. The second kappa shape index (κ2) is 6.41. The molecule has 0 radical (unpaired) electrons. The van der Waals surface area contributed by atoms with Gasteiger partial charge in [0.1, 0.15) is 5.69 Å². The van der Waals surface area contributed by atoms with Crippen molar-refractivity contribution in [2.75, 3.05) is 18.1 Å². The van der Waals surface area contributed by atoms with Gasteiger partial charge in [-0.05, 0) is 12.1 Å². The lowest BCUT2D eigenvalue weighted by Crippen LogP contribution is -2.26. The lowest BCUT2D eigenvalue weighted by Gasteiger charge is -2.01. The van der Waals surface area contributed by atoms with Gasteiger partial charge in [-0.3, -0.25) is 20.2 Å². The van der Waals surface area contributed by atoms with E-state index in [4.69, 9.17) is 0 Å². The van der Waals surface area contributed by atoms with Crippen LogP contribution >= 0.6 is 0 Å². The standard InChI is InChI=1S/C11H14N6O3S/c1-21(19,20)13-7-5-9(18)14-11-15-10(16-17-11)8-4-2-3-6-12-8/h2-4,6,13H,5,7H2,1H3,(H2,14,15,16,17,18). The van der Waals surface area contributed by atoms with Gasteiger partial charge in [0.15, 0.2) is 5.82 Å². The Morgan fingerprint density at radius 1 is 1.38 bits per heavy atom. The van der Waals surface area contributed by atoms with Gasteiger partial charge in [0, 0.05) is 19.2 Å². The van der Waals surface area contributed by atoms with Crippen LogP contribution < -0.4 is 10.0 Å². The molecule has 3 N–H and O–H groups in total. The van der Waals surface area contributed by atoms with Crippen molar-refractivity contribution >= 4 is 21.9 Å². The molecule has 0 atom stereocenters. The molecule has 0 saturated carbocycles. The fraction of sp³-hybridized carbons (Fsp3) is 0.273. The van der Waals surface area contributed by atoms with Gasteiger partial charge >= 0.3 is 0 Å². The minimum Gasteiger partial charge on any atom is -0.293 e. The molecule has 0 fully saturated rings. The van der Waals surface area contributed by atoms with Crippen LogP contribution in [0.1, 0.15) is 6.42 Å². The van der Waals surface area contributed by atoms with Gasteiger partial charge in [0.25, 0.3) is 0 Å². The SMILES string of the molecule is CS(=O)(=O)NCCC(=O)Nc1n[nH]c(-c2ccccn2)n1. The van der Waals surface area contributed by atoms with E-state index in [1.54, 1.807) is 24.4 Å². The van der Waals surface area contributed by atoms with Crippen molar-refractivity contribution < 1.29 is 13.2 Å². The van der Waals surface area contributed by atoms with Gasteiger partial charge < -0.3 is 0 Å². The summed E-state index contributed by atoms with van der Waals surface area (Å²) in [6.45, 7) is 0.0161. The molecule has 2 heterocycles. The van der Waals surface area contributed by atoms with E-state index in [1.807, 2.05) is 0 Å². The quantitative estimate of drug-likeness (QED) is 0.674. The van der Waals surface area contributed by atoms with Crippen LogP contribution in [0, 0.1) is 0 Å². The van der Waals surface area contributed by atoms with Crippen molar-refractivity contribution in [3.63, 3.8) is 0 Å². The number of aromatic amines is 1. The van der Waals surface area contributed by atoms with E-state index in [1.165, 1.54) is 0 Å². The maximum atomic E-state index is 11.6. The third-order valence-electron chi connectivity index (χ3n) is 2.36. The van der Waals surface area contributed by atoms with Gasteiger partial charge in [0.05, 0.1) is 6.26 Å². The summed E-state index contributed by atoms with van der Waals surface area (Å²) in [4.78, 5) is 19.8. The highest BCUT2D eigenvalue weighted by molar-refractivity contribution is 7.88. The molecule has 9 nitrogen and oxygen atoms in total. The molecule has 0 spiro atoms. The van der Waals surface area contributed by atoms with Gasteiger partial charge in [-0.25, -0.2) is 13.1 Å². The Bertz CT molecular complexity index is 713. The number of H-pyrrole nitrogens is 1. The monoisotopic (exact) mass is 310 g/mol. The Morgan fingerprint density at radius 3 is 2.86 bits per heavy atom. The van der Waals surface area contributed by atoms with Crippen LogP contribution in [0.5, 0.6) is 0 Å². The number of aromatic nitrogens is 4. The van der Waals surface area contributed by atoms with Crippen molar-refractivity contribution in [2.45, 2.75) is 6.42 Å². The number of carbonyl (C=O) groups excluding carboxylic acids is 1. The second-order valence-corrected chi connectivity index (χ2v) is 6.02. The summed E-state index contributed by atoms with van der Waals surface area (Å²) in [5.74, 6) is 0.151. The van der Waals surface area contributed by atoms with Crippen molar-refractivity contribution in [1.82, 2.24) is 24.9 Å². The minimum absolute atomic E-state index is 0.0134. The summed E-state index contributed by atoms with van der Waals surface area (Å²) in [6, 6.07) is 5.33. The Hall–Kier alpha value is -2.33. The largest absolute Gasteiger partial charge is 0.293 e. The molecule has 0 aromatic carbocycles. The van der Waals surface area contributed by atoms with Crippen molar-refractivity contribution in [3.05, 3.63) is 24.4 Å². The highest BCUT2D eigenvalue weighted by Crippen LogP contribution is 2.11. The Kier molecular flexibility index (Phi) is 4.60. The van der Waals surface area contributed by atoms with Crippen LogP contribution in [0.3, 0.4) is 0 Å². The molecule has 2 aromatic heterocycles. The van der Waals surface area contributed by atoms with E-state index < -0.39 is 15.9 Å². The van der Waals surface area contributed by atoms with E-state index in [0.717, 1.165) is 6.26 Å². The third kappa shape index (κ3) is 4.93. The zero-order chi connectivity index (χ0) is 15.3. The molecule has 2 aromatic rings. The van der Waals surface area contributed by atoms with E-state index in [0.29, 0.717) is 11.5 Å². The summed E-state index contributed by atoms with van der Waals surface area (Å²) in [6.07, 6.45) is 2.63. The first-order chi connectivity index (χ1) is 9.94. The predicted octanol–water partition coefficient (Wildman–Crippen LogP) is -0.255. The van der Waals surface area contributed by atoms with Crippen LogP contribution in [-0.4, -0.2) is 47.3 Å². The lowest BCUT2D eigenvalue weighted by atomic mass is 10.3. The molecule has 1 amide bonds. The Labute approximate surface area is 121 Å². The molecule has 0 aliphatic carbocycles. The summed E-state index contributed by atoms with van der Waals surface area (Å²) < 4.78 is 23.9. The van der Waals surface area contributed by atoms with Crippen molar-refractivity contribution in [1.29, 1.82) is 0 Å². The molecule has 21 heavy (non-hydrogen) atoms. The summed E-state index contributed by atoms with van der Waals surface area (Å²) >= 11 is 0. The highest BCUT2D eigenvalue weighted by Gasteiger charge is 2.10. The first-order valence-electron chi connectivity index (χ1n) is 6.02. The van der Waals surface area contributed by atoms with Crippen LogP contribution in [0.25, 0.3) is 11.5 Å². The maximum absolute atomic E-state index is 11.6. The molecule has 10 heteroatoms. The second-order valence-electron chi connectivity index (χ2n) is 4.19. The van der Waals surface area contributed by atoms with Crippen LogP contribution in [0.2, 0.25) is 0 Å². The van der Waals surface area contributed by atoms with E-state index in [-0.39, 0.29) is 18.9 Å². The number of sulfonamides is 1. The third-order valence-corrected chi connectivity index (χ3v) is 3.09. The van der Waals surface area contributed by atoms with Gasteiger partial charge in [-0.1, -0.05) is 6.07 Å². The molecule has 2 rings (SSSR count). The smallest absolute Gasteiger partial charge is 0.249 e. The normalized spacial score (nSPS) is 11.3. The molecule has 0 aliphatic rings. The van der Waals surface area contributed by atoms with Crippen LogP contribution in [-0.2, 0) is 14.8 Å². The zero-order valence-electron chi connectivity index (χ0n) is 11.2. The zero-order valence-corrected chi connectivity index (χ0v) is 12.0. The molecule has 0 aliphatic heterocycles. The van der Waals surface area contributed by atoms with E-state index in [2.05, 4.69) is 30.2 Å². The lowest BCUT2D eigenvalue weighted by molar-refractivity contribution is -0.116. The minimum atomic E-state index is -3.30. The predicted molar refractivity (Wildman–Crippen MR) is 75.7 cm³/mol. The Balaban J connectivity index is 1.89. The number of carbonyl (C=O) groups is 1. The van der Waals surface area contributed by atoms with Gasteiger partial charge in [-0.15, -0.1) is 5.10 Å². The van der Waals surface area contributed by atoms with Crippen LogP contribution in [0.15, 0.2) is 24.4 Å². The van der Waals surface area contributed by atoms with E-state index >= 15 is 0 Å². The van der Waals surface area contributed by atoms with Crippen molar-refractivity contribution in [2.24, 2.45) is 0 Å². The molecule has 0 saturated heterocycles. The molecule has 0 unspecified atom stereocenters. The number of pyridine rings is 1. The number of amides is 1. The average Bonchev–Trinajstić information content (AvgIpc) is 2.86. The van der Waals surface area contributed by atoms with Gasteiger partial charge in [-0.2, -0.15) is 4.98 Å².